The molecule has 2 aromatic heterocycles. The summed E-state index contributed by atoms with van der Waals surface area (Å²) in [5.41, 5.74) is 1.01. The third-order valence-corrected chi connectivity index (χ3v) is 8.71. The molecule has 0 atom stereocenters. The summed E-state index contributed by atoms with van der Waals surface area (Å²) in [5.74, 6) is -0.410. The molecular weight excluding hydrogens is 520 g/mol. The summed E-state index contributed by atoms with van der Waals surface area (Å²) >= 11 is 5.97. The van der Waals surface area contributed by atoms with Crippen LogP contribution in [0.1, 0.15) is 20.9 Å². The highest BCUT2D eigenvalue weighted by molar-refractivity contribution is 7.89. The number of amides is 2. The molecule has 0 bridgehead atoms. The second kappa shape index (κ2) is 10.2. The second-order valence-corrected chi connectivity index (χ2v) is 11.2. The zero-order chi connectivity index (χ0) is 26.2. The first kappa shape index (κ1) is 25.3. The van der Waals surface area contributed by atoms with Crippen LogP contribution in [-0.2, 0) is 17.1 Å². The molecule has 2 aliphatic heterocycles. The molecule has 2 amide bonds. The Morgan fingerprint density at radius 3 is 2.11 bits per heavy atom. The van der Waals surface area contributed by atoms with Crippen LogP contribution in [0.4, 0.5) is 5.69 Å². The van der Waals surface area contributed by atoms with Gasteiger partial charge in [0.05, 0.1) is 11.8 Å². The van der Waals surface area contributed by atoms with Gasteiger partial charge in [0.25, 0.3) is 21.8 Å². The number of nitrogens with zero attached hydrogens (tertiary/aromatic N) is 6. The molecule has 4 heterocycles. The first-order chi connectivity index (χ1) is 17.7. The van der Waals surface area contributed by atoms with Crippen molar-refractivity contribution in [1.29, 1.82) is 0 Å². The summed E-state index contributed by atoms with van der Waals surface area (Å²) in [6, 6.07) is 10.7. The first-order valence-electron chi connectivity index (χ1n) is 11.9. The number of halogens is 1. The normalized spacial score (nSPS) is 17.3. The third-order valence-electron chi connectivity index (χ3n) is 6.63. The Bertz CT molecular complexity index is 1370. The zero-order valence-electron chi connectivity index (χ0n) is 20.3. The van der Waals surface area contributed by atoms with Crippen LogP contribution in [0.2, 0.25) is 5.02 Å². The van der Waals surface area contributed by atoms with Gasteiger partial charge in [0.1, 0.15) is 0 Å². The second-order valence-electron chi connectivity index (χ2n) is 8.95. The SMILES string of the molecule is Cn1cc(C(=O)N2CCN(C(=O)c3ccco3)CC2)c(S(=O)(=O)N2CCN(c3ccc(Cl)cc3)CC2)n1. The summed E-state index contributed by atoms with van der Waals surface area (Å²) in [5, 5.41) is 4.57. The average molecular weight is 547 g/mol. The minimum atomic E-state index is -3.99. The van der Waals surface area contributed by atoms with E-state index < -0.39 is 15.9 Å². The fraction of sp³-hybridized carbons (Fsp3) is 0.375. The van der Waals surface area contributed by atoms with Crippen LogP contribution >= 0.6 is 11.6 Å². The molecule has 13 heteroatoms. The topological polar surface area (TPSA) is 112 Å². The van der Waals surface area contributed by atoms with Gasteiger partial charge in [-0.3, -0.25) is 14.3 Å². The van der Waals surface area contributed by atoms with E-state index in [1.165, 1.54) is 21.4 Å². The largest absolute Gasteiger partial charge is 0.459 e. The summed E-state index contributed by atoms with van der Waals surface area (Å²) in [6.07, 6.45) is 2.88. The summed E-state index contributed by atoms with van der Waals surface area (Å²) in [7, 11) is -2.40. The number of benzene rings is 1. The lowest BCUT2D eigenvalue weighted by molar-refractivity contribution is 0.0516. The number of hydrogen-bond donors (Lipinski definition) is 0. The maximum atomic E-state index is 13.5. The van der Waals surface area contributed by atoms with E-state index in [1.807, 2.05) is 12.1 Å². The van der Waals surface area contributed by atoms with Crippen LogP contribution in [0.15, 0.2) is 58.3 Å². The van der Waals surface area contributed by atoms with Gasteiger partial charge in [-0.1, -0.05) is 11.6 Å². The van der Waals surface area contributed by atoms with Gasteiger partial charge in [0, 0.05) is 76.3 Å². The van der Waals surface area contributed by atoms with Crippen LogP contribution in [-0.4, -0.2) is 96.5 Å². The molecule has 37 heavy (non-hydrogen) atoms. The van der Waals surface area contributed by atoms with Gasteiger partial charge >= 0.3 is 0 Å². The number of carbonyl (C=O) groups is 2. The van der Waals surface area contributed by atoms with E-state index in [9.17, 15) is 18.0 Å². The Kier molecular flexibility index (Phi) is 6.97. The molecule has 2 fully saturated rings. The van der Waals surface area contributed by atoms with Crippen molar-refractivity contribution in [2.75, 3.05) is 57.3 Å². The van der Waals surface area contributed by atoms with Crippen molar-refractivity contribution in [3.05, 3.63) is 65.2 Å². The maximum Gasteiger partial charge on any atom is 0.289 e. The summed E-state index contributed by atoms with van der Waals surface area (Å²) in [4.78, 5) is 31.2. The molecule has 0 spiro atoms. The number of anilines is 1. The Morgan fingerprint density at radius 1 is 0.892 bits per heavy atom. The van der Waals surface area contributed by atoms with Gasteiger partial charge in [-0.15, -0.1) is 0 Å². The van der Waals surface area contributed by atoms with Crippen LogP contribution in [0.25, 0.3) is 0 Å². The van der Waals surface area contributed by atoms with E-state index in [2.05, 4.69) is 10.00 Å². The number of carbonyl (C=O) groups excluding carboxylic acids is 2. The molecule has 0 saturated carbocycles. The van der Waals surface area contributed by atoms with E-state index in [0.29, 0.717) is 31.2 Å². The number of piperazine rings is 2. The molecule has 2 saturated heterocycles. The lowest BCUT2D eigenvalue weighted by Crippen LogP contribution is -2.51. The van der Waals surface area contributed by atoms with Gasteiger partial charge in [-0.2, -0.15) is 9.40 Å². The molecule has 0 aliphatic carbocycles. The third kappa shape index (κ3) is 5.09. The predicted molar refractivity (Wildman–Crippen MR) is 136 cm³/mol. The quantitative estimate of drug-likeness (QED) is 0.479. The van der Waals surface area contributed by atoms with Crippen molar-refractivity contribution in [2.45, 2.75) is 5.03 Å². The molecule has 0 unspecified atom stereocenters. The number of sulfonamides is 1. The smallest absolute Gasteiger partial charge is 0.289 e. The van der Waals surface area contributed by atoms with Crippen LogP contribution in [0.5, 0.6) is 0 Å². The van der Waals surface area contributed by atoms with E-state index in [0.717, 1.165) is 5.69 Å². The monoisotopic (exact) mass is 546 g/mol. The van der Waals surface area contributed by atoms with E-state index in [4.69, 9.17) is 16.0 Å². The number of aryl methyl sites for hydroxylation is 1. The summed E-state index contributed by atoms with van der Waals surface area (Å²) < 4.78 is 35.0. The van der Waals surface area contributed by atoms with Gasteiger partial charge in [-0.25, -0.2) is 8.42 Å². The maximum absolute atomic E-state index is 13.5. The Balaban J connectivity index is 1.26. The Morgan fingerprint density at radius 2 is 1.51 bits per heavy atom. The lowest BCUT2D eigenvalue weighted by atomic mass is 10.2. The fourth-order valence-corrected chi connectivity index (χ4v) is 6.27. The highest BCUT2D eigenvalue weighted by Gasteiger charge is 2.36. The first-order valence-corrected chi connectivity index (χ1v) is 13.7. The van der Waals surface area contributed by atoms with Crippen LogP contribution < -0.4 is 4.90 Å². The summed E-state index contributed by atoms with van der Waals surface area (Å²) in [6.45, 7) is 2.73. The van der Waals surface area contributed by atoms with Gasteiger partial charge in [-0.05, 0) is 36.4 Å². The lowest BCUT2D eigenvalue weighted by Gasteiger charge is -2.35. The van der Waals surface area contributed by atoms with Crippen molar-refractivity contribution >= 4 is 39.1 Å². The van der Waals surface area contributed by atoms with Crippen LogP contribution in [0.3, 0.4) is 0 Å². The van der Waals surface area contributed by atoms with E-state index in [1.54, 1.807) is 41.1 Å². The fourth-order valence-electron chi connectivity index (χ4n) is 4.61. The molecular formula is C24H27ClN6O5S. The standard InChI is InChI=1S/C24H27ClN6O5S/c1-27-17-20(23(32)29-8-10-30(11-9-29)24(33)21-3-2-16-36-21)22(26-27)37(34,35)31-14-12-28(13-15-31)19-6-4-18(25)5-7-19/h2-7,16-17H,8-15H2,1H3. The van der Waals surface area contributed by atoms with Crippen molar-refractivity contribution in [1.82, 2.24) is 23.9 Å². The van der Waals surface area contributed by atoms with E-state index in [-0.39, 0.29) is 48.4 Å². The number of rotatable bonds is 5. The Labute approximate surface area is 219 Å². The molecule has 11 nitrogen and oxygen atoms in total. The van der Waals surface area contributed by atoms with Gasteiger partial charge in [0.2, 0.25) is 5.03 Å². The van der Waals surface area contributed by atoms with Crippen molar-refractivity contribution in [3.63, 3.8) is 0 Å². The molecule has 3 aromatic rings. The minimum absolute atomic E-state index is 0.0356. The van der Waals surface area contributed by atoms with Crippen molar-refractivity contribution in [3.8, 4) is 0 Å². The molecule has 5 rings (SSSR count). The van der Waals surface area contributed by atoms with E-state index >= 15 is 0 Å². The number of aromatic nitrogens is 2. The average Bonchev–Trinajstić information content (AvgIpc) is 3.59. The highest BCUT2D eigenvalue weighted by Crippen LogP contribution is 2.25. The van der Waals surface area contributed by atoms with Crippen LogP contribution in [0, 0.1) is 0 Å². The molecule has 0 radical (unpaired) electrons. The predicted octanol–water partition coefficient (Wildman–Crippen LogP) is 1.78. The number of furan rings is 1. The highest BCUT2D eigenvalue weighted by atomic mass is 35.5. The zero-order valence-corrected chi connectivity index (χ0v) is 21.9. The van der Waals surface area contributed by atoms with Crippen molar-refractivity contribution in [2.24, 2.45) is 7.05 Å². The molecule has 0 N–H and O–H groups in total. The molecule has 196 valence electrons. The Hall–Kier alpha value is -3.35. The van der Waals surface area contributed by atoms with Gasteiger partial charge in [0.15, 0.2) is 5.76 Å². The number of hydrogen-bond acceptors (Lipinski definition) is 7. The van der Waals surface area contributed by atoms with Crippen molar-refractivity contribution < 1.29 is 22.4 Å². The van der Waals surface area contributed by atoms with Gasteiger partial charge < -0.3 is 19.1 Å². The minimum Gasteiger partial charge on any atom is -0.459 e. The molecule has 1 aromatic carbocycles. The molecule has 2 aliphatic rings.